The van der Waals surface area contributed by atoms with E-state index in [0.29, 0.717) is 13.2 Å². The van der Waals surface area contributed by atoms with Gasteiger partial charge in [0.05, 0.1) is 13.7 Å². The summed E-state index contributed by atoms with van der Waals surface area (Å²) < 4.78 is 15.7. The molecule has 0 amide bonds. The van der Waals surface area contributed by atoms with E-state index in [1.54, 1.807) is 26.0 Å². The number of rotatable bonds is 6. The van der Waals surface area contributed by atoms with Gasteiger partial charge in [0.1, 0.15) is 6.61 Å². The lowest BCUT2D eigenvalue weighted by atomic mass is 10.3. The zero-order chi connectivity index (χ0) is 11.1. The summed E-state index contributed by atoms with van der Waals surface area (Å²) in [5.41, 5.74) is 0. The standard InChI is InChI=1S/C11H16O3S/c1-12-6-7-14-10-5-4-9(15-3)8-11(10)13-2/h4-5,8H,6-7H2,1-3H3. The van der Waals surface area contributed by atoms with Crippen LogP contribution < -0.4 is 9.47 Å². The van der Waals surface area contributed by atoms with Crippen LogP contribution in [-0.2, 0) is 4.74 Å². The lowest BCUT2D eigenvalue weighted by Crippen LogP contribution is -2.05. The molecule has 0 heterocycles. The third-order valence-corrected chi connectivity index (χ3v) is 2.64. The summed E-state index contributed by atoms with van der Waals surface area (Å²) in [6.45, 7) is 1.11. The molecule has 0 saturated heterocycles. The van der Waals surface area contributed by atoms with Crippen molar-refractivity contribution in [1.29, 1.82) is 0 Å². The first-order valence-corrected chi connectivity index (χ1v) is 5.88. The van der Waals surface area contributed by atoms with E-state index in [2.05, 4.69) is 0 Å². The van der Waals surface area contributed by atoms with Crippen molar-refractivity contribution in [3.63, 3.8) is 0 Å². The Balaban J connectivity index is 2.69. The van der Waals surface area contributed by atoms with Crippen molar-refractivity contribution < 1.29 is 14.2 Å². The first-order valence-electron chi connectivity index (χ1n) is 4.65. The van der Waals surface area contributed by atoms with E-state index in [9.17, 15) is 0 Å². The van der Waals surface area contributed by atoms with Crippen LogP contribution in [-0.4, -0.2) is 33.7 Å². The molecule has 0 spiro atoms. The zero-order valence-electron chi connectivity index (χ0n) is 9.28. The van der Waals surface area contributed by atoms with Crippen molar-refractivity contribution in [3.8, 4) is 11.5 Å². The lowest BCUT2D eigenvalue weighted by Gasteiger charge is -2.11. The highest BCUT2D eigenvalue weighted by molar-refractivity contribution is 7.98. The molecule has 0 atom stereocenters. The average molecular weight is 228 g/mol. The average Bonchev–Trinajstić information content (AvgIpc) is 2.29. The molecular formula is C11H16O3S. The normalized spacial score (nSPS) is 10.1. The van der Waals surface area contributed by atoms with Crippen LogP contribution in [0, 0.1) is 0 Å². The summed E-state index contributed by atoms with van der Waals surface area (Å²) in [5.74, 6) is 1.52. The van der Waals surface area contributed by atoms with E-state index in [-0.39, 0.29) is 0 Å². The summed E-state index contributed by atoms with van der Waals surface area (Å²) in [7, 11) is 3.29. The summed E-state index contributed by atoms with van der Waals surface area (Å²) in [6.07, 6.45) is 2.03. The molecule has 0 aliphatic carbocycles. The Kier molecular flexibility index (Phi) is 5.36. The molecule has 0 N–H and O–H groups in total. The van der Waals surface area contributed by atoms with Gasteiger partial charge in [-0.3, -0.25) is 0 Å². The predicted octanol–water partition coefficient (Wildman–Crippen LogP) is 2.44. The van der Waals surface area contributed by atoms with Crippen LogP contribution in [0.1, 0.15) is 0 Å². The fourth-order valence-electron chi connectivity index (χ4n) is 1.13. The predicted molar refractivity (Wildman–Crippen MR) is 62.1 cm³/mol. The third-order valence-electron chi connectivity index (χ3n) is 1.92. The van der Waals surface area contributed by atoms with Gasteiger partial charge in [-0.15, -0.1) is 11.8 Å². The highest BCUT2D eigenvalue weighted by Crippen LogP contribution is 2.31. The van der Waals surface area contributed by atoms with Crippen molar-refractivity contribution >= 4 is 11.8 Å². The van der Waals surface area contributed by atoms with Crippen molar-refractivity contribution in [3.05, 3.63) is 18.2 Å². The van der Waals surface area contributed by atoms with Crippen LogP contribution >= 0.6 is 11.8 Å². The summed E-state index contributed by atoms with van der Waals surface area (Å²) in [6, 6.07) is 5.89. The van der Waals surface area contributed by atoms with E-state index < -0.39 is 0 Å². The molecule has 4 heteroatoms. The monoisotopic (exact) mass is 228 g/mol. The van der Waals surface area contributed by atoms with Crippen molar-refractivity contribution in [2.45, 2.75) is 4.90 Å². The molecule has 0 unspecified atom stereocenters. The number of thioether (sulfide) groups is 1. The van der Waals surface area contributed by atoms with Crippen LogP contribution in [0.2, 0.25) is 0 Å². The first kappa shape index (κ1) is 12.2. The van der Waals surface area contributed by atoms with Gasteiger partial charge in [0, 0.05) is 12.0 Å². The smallest absolute Gasteiger partial charge is 0.161 e. The molecule has 0 fully saturated rings. The van der Waals surface area contributed by atoms with Gasteiger partial charge in [-0.25, -0.2) is 0 Å². The second-order valence-corrected chi connectivity index (χ2v) is 3.74. The maximum absolute atomic E-state index is 5.51. The number of benzene rings is 1. The van der Waals surface area contributed by atoms with Crippen LogP contribution in [0.5, 0.6) is 11.5 Å². The summed E-state index contributed by atoms with van der Waals surface area (Å²) in [4.78, 5) is 1.16. The Morgan fingerprint density at radius 2 is 1.93 bits per heavy atom. The molecule has 0 aromatic heterocycles. The van der Waals surface area contributed by atoms with Crippen LogP contribution in [0.3, 0.4) is 0 Å². The molecule has 15 heavy (non-hydrogen) atoms. The van der Waals surface area contributed by atoms with Crippen LogP contribution in [0.15, 0.2) is 23.1 Å². The van der Waals surface area contributed by atoms with Crippen molar-refractivity contribution in [1.82, 2.24) is 0 Å². The highest BCUT2D eigenvalue weighted by Gasteiger charge is 2.04. The number of ether oxygens (including phenoxy) is 3. The SMILES string of the molecule is COCCOc1ccc(SC)cc1OC. The topological polar surface area (TPSA) is 27.7 Å². The van der Waals surface area contributed by atoms with Gasteiger partial charge in [-0.2, -0.15) is 0 Å². The first-order chi connectivity index (χ1) is 7.31. The van der Waals surface area contributed by atoms with Crippen molar-refractivity contribution in [2.75, 3.05) is 33.7 Å². The highest BCUT2D eigenvalue weighted by atomic mass is 32.2. The molecule has 1 aromatic rings. The molecule has 84 valence electrons. The molecular weight excluding hydrogens is 212 g/mol. The maximum atomic E-state index is 5.51. The Morgan fingerprint density at radius 1 is 1.13 bits per heavy atom. The van der Waals surface area contributed by atoms with Gasteiger partial charge in [0.2, 0.25) is 0 Å². The Labute approximate surface area is 94.7 Å². The van der Waals surface area contributed by atoms with E-state index in [1.165, 1.54) is 0 Å². The van der Waals surface area contributed by atoms with Gasteiger partial charge in [0.15, 0.2) is 11.5 Å². The molecule has 0 aliphatic heterocycles. The van der Waals surface area contributed by atoms with E-state index in [1.807, 2.05) is 24.5 Å². The Hall–Kier alpha value is -0.870. The summed E-state index contributed by atoms with van der Waals surface area (Å²) >= 11 is 1.68. The maximum Gasteiger partial charge on any atom is 0.161 e. The van der Waals surface area contributed by atoms with E-state index >= 15 is 0 Å². The van der Waals surface area contributed by atoms with Crippen LogP contribution in [0.4, 0.5) is 0 Å². The molecule has 1 aromatic carbocycles. The minimum Gasteiger partial charge on any atom is -0.493 e. The minimum atomic E-state index is 0.533. The molecule has 1 rings (SSSR count). The number of hydrogen-bond acceptors (Lipinski definition) is 4. The lowest BCUT2D eigenvalue weighted by molar-refractivity contribution is 0.144. The van der Waals surface area contributed by atoms with Crippen LogP contribution in [0.25, 0.3) is 0 Å². The zero-order valence-corrected chi connectivity index (χ0v) is 10.1. The minimum absolute atomic E-state index is 0.533. The summed E-state index contributed by atoms with van der Waals surface area (Å²) in [5, 5.41) is 0. The van der Waals surface area contributed by atoms with E-state index in [0.717, 1.165) is 16.4 Å². The quantitative estimate of drug-likeness (QED) is 0.552. The van der Waals surface area contributed by atoms with Gasteiger partial charge in [0.25, 0.3) is 0 Å². The Morgan fingerprint density at radius 3 is 2.53 bits per heavy atom. The van der Waals surface area contributed by atoms with Gasteiger partial charge in [-0.1, -0.05) is 0 Å². The molecule has 0 saturated carbocycles. The molecule has 0 radical (unpaired) electrons. The van der Waals surface area contributed by atoms with E-state index in [4.69, 9.17) is 14.2 Å². The van der Waals surface area contributed by atoms with Gasteiger partial charge < -0.3 is 14.2 Å². The third kappa shape index (κ3) is 3.64. The molecule has 3 nitrogen and oxygen atoms in total. The fraction of sp³-hybridized carbons (Fsp3) is 0.455. The largest absolute Gasteiger partial charge is 0.493 e. The Bertz CT molecular complexity index is 302. The molecule has 0 aliphatic rings. The molecule has 0 bridgehead atoms. The van der Waals surface area contributed by atoms with Gasteiger partial charge >= 0.3 is 0 Å². The van der Waals surface area contributed by atoms with Gasteiger partial charge in [-0.05, 0) is 24.5 Å². The number of hydrogen-bond donors (Lipinski definition) is 0. The second-order valence-electron chi connectivity index (χ2n) is 2.86. The number of methoxy groups -OCH3 is 2. The van der Waals surface area contributed by atoms with Crippen molar-refractivity contribution in [2.24, 2.45) is 0 Å². The fourth-order valence-corrected chi connectivity index (χ4v) is 1.56. The second kappa shape index (κ2) is 6.58.